The van der Waals surface area contributed by atoms with Gasteiger partial charge in [0.1, 0.15) is 0 Å². The second-order valence-corrected chi connectivity index (χ2v) is 5.47. The van der Waals surface area contributed by atoms with Crippen molar-refractivity contribution >= 4 is 11.0 Å². The van der Waals surface area contributed by atoms with Crippen LogP contribution in [-0.4, -0.2) is 22.1 Å². The highest BCUT2D eigenvalue weighted by Gasteiger charge is 2.21. The number of fused-ring (bicyclic) bond motifs is 1. The highest BCUT2D eigenvalue weighted by atomic mass is 15.1. The number of nitrogens with zero attached hydrogens (tertiary/aromatic N) is 2. The van der Waals surface area contributed by atoms with E-state index >= 15 is 0 Å². The third-order valence-electron chi connectivity index (χ3n) is 3.98. The monoisotopic (exact) mass is 273 g/mol. The average Bonchev–Trinajstić information content (AvgIpc) is 2.90. The van der Waals surface area contributed by atoms with Gasteiger partial charge in [-0.25, -0.2) is 4.98 Å². The lowest BCUT2D eigenvalue weighted by Crippen LogP contribution is -2.37. The van der Waals surface area contributed by atoms with E-state index in [0.29, 0.717) is 12.1 Å². The minimum Gasteiger partial charge on any atom is -0.326 e. The zero-order chi connectivity index (χ0) is 14.4. The van der Waals surface area contributed by atoms with E-state index in [9.17, 15) is 0 Å². The van der Waals surface area contributed by atoms with E-state index in [4.69, 9.17) is 0 Å². The lowest BCUT2D eigenvalue weighted by molar-refractivity contribution is 0.326. The van der Waals surface area contributed by atoms with Gasteiger partial charge in [-0.05, 0) is 37.9 Å². The van der Waals surface area contributed by atoms with Gasteiger partial charge in [-0.1, -0.05) is 39.3 Å². The fraction of sp³-hybridized carbons (Fsp3) is 0.588. The molecule has 110 valence electrons. The Bertz CT molecular complexity index is 518. The molecular formula is C17H27N3. The van der Waals surface area contributed by atoms with E-state index in [0.717, 1.165) is 18.5 Å². The van der Waals surface area contributed by atoms with Crippen LogP contribution in [0.15, 0.2) is 30.6 Å². The van der Waals surface area contributed by atoms with Crippen molar-refractivity contribution in [2.24, 2.45) is 0 Å². The molecule has 3 heteroatoms. The molecule has 1 heterocycles. The summed E-state index contributed by atoms with van der Waals surface area (Å²) in [6.45, 7) is 7.85. The van der Waals surface area contributed by atoms with Crippen LogP contribution in [0.25, 0.3) is 11.0 Å². The summed E-state index contributed by atoms with van der Waals surface area (Å²) in [6.07, 6.45) is 6.74. The second-order valence-electron chi connectivity index (χ2n) is 5.47. The number of hydrogen-bond donors (Lipinski definition) is 1. The average molecular weight is 273 g/mol. The first kappa shape index (κ1) is 15.0. The standard InChI is InChI=1S/C17H27N3/c1-4-9-14(18-12-5-2)16(6-3)20-13-19-15-10-7-8-11-17(15)20/h7-8,10-11,13-14,16,18H,4-6,9,12H2,1-3H3. The third kappa shape index (κ3) is 3.21. The first-order valence-electron chi connectivity index (χ1n) is 7.96. The summed E-state index contributed by atoms with van der Waals surface area (Å²) in [5.74, 6) is 0. The van der Waals surface area contributed by atoms with E-state index in [1.165, 1.54) is 24.8 Å². The number of aromatic nitrogens is 2. The topological polar surface area (TPSA) is 29.9 Å². The number of hydrogen-bond acceptors (Lipinski definition) is 2. The van der Waals surface area contributed by atoms with Gasteiger partial charge in [0.25, 0.3) is 0 Å². The van der Waals surface area contributed by atoms with Crippen LogP contribution in [0.5, 0.6) is 0 Å². The molecule has 2 atom stereocenters. The highest BCUT2D eigenvalue weighted by Crippen LogP contribution is 2.24. The van der Waals surface area contributed by atoms with Crippen LogP contribution in [0.4, 0.5) is 0 Å². The summed E-state index contributed by atoms with van der Waals surface area (Å²) >= 11 is 0. The van der Waals surface area contributed by atoms with E-state index in [1.807, 2.05) is 6.33 Å². The smallest absolute Gasteiger partial charge is 0.0961 e. The number of benzene rings is 1. The zero-order valence-corrected chi connectivity index (χ0v) is 13.0. The van der Waals surface area contributed by atoms with E-state index < -0.39 is 0 Å². The van der Waals surface area contributed by atoms with Crippen molar-refractivity contribution in [1.82, 2.24) is 14.9 Å². The predicted octanol–water partition coefficient (Wildman–Crippen LogP) is 4.16. The molecule has 2 aromatic rings. The van der Waals surface area contributed by atoms with Crippen LogP contribution in [0.3, 0.4) is 0 Å². The second kappa shape index (κ2) is 7.44. The SMILES string of the molecule is CCCNC(CCC)C(CC)n1cnc2ccccc21. The molecule has 0 spiro atoms. The number of rotatable bonds is 8. The van der Waals surface area contributed by atoms with Crippen molar-refractivity contribution in [3.8, 4) is 0 Å². The summed E-state index contributed by atoms with van der Waals surface area (Å²) in [4.78, 5) is 4.55. The van der Waals surface area contributed by atoms with Gasteiger partial charge in [0, 0.05) is 6.04 Å². The maximum absolute atomic E-state index is 4.55. The van der Waals surface area contributed by atoms with Gasteiger partial charge in [-0.2, -0.15) is 0 Å². The molecule has 2 rings (SSSR count). The van der Waals surface area contributed by atoms with Gasteiger partial charge in [-0.15, -0.1) is 0 Å². The van der Waals surface area contributed by atoms with Crippen LogP contribution >= 0.6 is 0 Å². The molecule has 0 bridgehead atoms. The van der Waals surface area contributed by atoms with Gasteiger partial charge >= 0.3 is 0 Å². The van der Waals surface area contributed by atoms with Crippen molar-refractivity contribution in [2.45, 2.75) is 58.5 Å². The lowest BCUT2D eigenvalue weighted by atomic mass is 10.00. The largest absolute Gasteiger partial charge is 0.326 e. The van der Waals surface area contributed by atoms with Crippen LogP contribution < -0.4 is 5.32 Å². The number of imidazole rings is 1. The molecule has 20 heavy (non-hydrogen) atoms. The highest BCUT2D eigenvalue weighted by molar-refractivity contribution is 5.75. The van der Waals surface area contributed by atoms with Gasteiger partial charge in [0.2, 0.25) is 0 Å². The number of para-hydroxylation sites is 2. The molecule has 0 aliphatic heterocycles. The molecule has 1 aromatic carbocycles. The quantitative estimate of drug-likeness (QED) is 0.783. The Morgan fingerprint density at radius 3 is 2.65 bits per heavy atom. The maximum atomic E-state index is 4.55. The van der Waals surface area contributed by atoms with Crippen molar-refractivity contribution in [3.63, 3.8) is 0 Å². The predicted molar refractivity (Wildman–Crippen MR) is 86.1 cm³/mol. The van der Waals surface area contributed by atoms with Crippen LogP contribution in [-0.2, 0) is 0 Å². The van der Waals surface area contributed by atoms with Crippen LogP contribution in [0, 0.1) is 0 Å². The van der Waals surface area contributed by atoms with Gasteiger partial charge in [-0.3, -0.25) is 0 Å². The molecule has 0 aliphatic rings. The van der Waals surface area contributed by atoms with Crippen molar-refractivity contribution < 1.29 is 0 Å². The van der Waals surface area contributed by atoms with Gasteiger partial charge in [0.15, 0.2) is 0 Å². The van der Waals surface area contributed by atoms with E-state index in [-0.39, 0.29) is 0 Å². The molecule has 0 saturated heterocycles. The molecule has 2 unspecified atom stereocenters. The minimum atomic E-state index is 0.480. The fourth-order valence-electron chi connectivity index (χ4n) is 2.99. The molecule has 3 nitrogen and oxygen atoms in total. The Balaban J connectivity index is 2.28. The Morgan fingerprint density at radius 2 is 1.95 bits per heavy atom. The molecule has 0 aliphatic carbocycles. The van der Waals surface area contributed by atoms with Gasteiger partial charge < -0.3 is 9.88 Å². The van der Waals surface area contributed by atoms with Crippen molar-refractivity contribution in [3.05, 3.63) is 30.6 Å². The summed E-state index contributed by atoms with van der Waals surface area (Å²) < 4.78 is 2.36. The molecule has 0 fully saturated rings. The minimum absolute atomic E-state index is 0.480. The first-order valence-corrected chi connectivity index (χ1v) is 7.96. The summed E-state index contributed by atoms with van der Waals surface area (Å²) in [7, 11) is 0. The van der Waals surface area contributed by atoms with E-state index in [2.05, 4.69) is 59.9 Å². The van der Waals surface area contributed by atoms with Crippen molar-refractivity contribution in [1.29, 1.82) is 0 Å². The summed E-state index contributed by atoms with van der Waals surface area (Å²) in [5, 5.41) is 3.73. The van der Waals surface area contributed by atoms with Crippen LogP contribution in [0.2, 0.25) is 0 Å². The first-order chi connectivity index (χ1) is 9.81. The third-order valence-corrected chi connectivity index (χ3v) is 3.98. The van der Waals surface area contributed by atoms with Gasteiger partial charge in [0.05, 0.1) is 23.4 Å². The molecule has 0 amide bonds. The molecule has 0 saturated carbocycles. The fourth-order valence-corrected chi connectivity index (χ4v) is 2.99. The molecular weight excluding hydrogens is 246 g/mol. The Morgan fingerprint density at radius 1 is 1.15 bits per heavy atom. The Hall–Kier alpha value is -1.35. The Kier molecular flexibility index (Phi) is 5.60. The normalized spacial score (nSPS) is 14.6. The van der Waals surface area contributed by atoms with E-state index in [1.54, 1.807) is 0 Å². The molecule has 0 radical (unpaired) electrons. The summed E-state index contributed by atoms with van der Waals surface area (Å²) in [5.41, 5.74) is 2.34. The number of nitrogens with one attached hydrogen (secondary N) is 1. The van der Waals surface area contributed by atoms with Crippen LogP contribution in [0.1, 0.15) is 52.5 Å². The van der Waals surface area contributed by atoms with Crippen molar-refractivity contribution in [2.75, 3.05) is 6.54 Å². The zero-order valence-electron chi connectivity index (χ0n) is 13.0. The molecule has 1 N–H and O–H groups in total. The lowest BCUT2D eigenvalue weighted by Gasteiger charge is -2.29. The summed E-state index contributed by atoms with van der Waals surface area (Å²) in [6, 6.07) is 9.43. The maximum Gasteiger partial charge on any atom is 0.0961 e. The molecule has 1 aromatic heterocycles. The Labute approximate surface area is 122 Å².